The van der Waals surface area contributed by atoms with Crippen LogP contribution in [-0.4, -0.2) is 30.6 Å². The average Bonchev–Trinajstić information content (AvgIpc) is 3.39. The SMILES string of the molecule is Cn1ccc(NC(=O)c2nc(C3CC3)ccc2Nc2cncnc2)n1. The molecule has 0 atom stereocenters. The molecule has 1 saturated carbocycles. The van der Waals surface area contributed by atoms with Crippen molar-refractivity contribution < 1.29 is 4.79 Å². The van der Waals surface area contributed by atoms with Crippen LogP contribution in [0.4, 0.5) is 17.2 Å². The zero-order chi connectivity index (χ0) is 17.2. The fraction of sp³-hybridized carbons (Fsp3) is 0.235. The smallest absolute Gasteiger partial charge is 0.277 e. The molecule has 0 radical (unpaired) electrons. The Morgan fingerprint density at radius 3 is 2.68 bits per heavy atom. The Balaban J connectivity index is 1.64. The lowest BCUT2D eigenvalue weighted by atomic mass is 10.2. The summed E-state index contributed by atoms with van der Waals surface area (Å²) in [7, 11) is 1.80. The number of hydrogen-bond acceptors (Lipinski definition) is 6. The molecule has 1 aliphatic rings. The Kier molecular flexibility index (Phi) is 3.85. The van der Waals surface area contributed by atoms with Crippen LogP contribution >= 0.6 is 0 Å². The summed E-state index contributed by atoms with van der Waals surface area (Å²) >= 11 is 0. The van der Waals surface area contributed by atoms with E-state index in [0.29, 0.717) is 28.8 Å². The molecule has 1 aliphatic carbocycles. The second kappa shape index (κ2) is 6.31. The zero-order valence-electron chi connectivity index (χ0n) is 13.7. The number of nitrogens with one attached hydrogen (secondary N) is 2. The Labute approximate surface area is 144 Å². The number of pyridine rings is 1. The van der Waals surface area contributed by atoms with Gasteiger partial charge >= 0.3 is 0 Å². The quantitative estimate of drug-likeness (QED) is 0.743. The van der Waals surface area contributed by atoms with E-state index in [-0.39, 0.29) is 5.91 Å². The van der Waals surface area contributed by atoms with Crippen molar-refractivity contribution in [1.82, 2.24) is 24.7 Å². The topological polar surface area (TPSA) is 97.6 Å². The standard InChI is InChI=1S/C17H17N7O/c1-24-7-6-15(23-24)22-17(25)16-14(20-12-8-18-10-19-9-12)5-4-13(21-16)11-2-3-11/h4-11,20H,2-3H2,1H3,(H,22,23,25). The lowest BCUT2D eigenvalue weighted by molar-refractivity contribution is 0.102. The number of rotatable bonds is 5. The van der Waals surface area contributed by atoms with Crippen molar-refractivity contribution in [2.24, 2.45) is 7.05 Å². The molecule has 8 nitrogen and oxygen atoms in total. The van der Waals surface area contributed by atoms with E-state index in [1.165, 1.54) is 6.33 Å². The van der Waals surface area contributed by atoms with Crippen LogP contribution in [0, 0.1) is 0 Å². The molecule has 0 aliphatic heterocycles. The minimum absolute atomic E-state index is 0.305. The van der Waals surface area contributed by atoms with Crippen LogP contribution in [0.25, 0.3) is 0 Å². The molecule has 0 bridgehead atoms. The Morgan fingerprint density at radius 1 is 1.20 bits per heavy atom. The molecule has 1 amide bonds. The van der Waals surface area contributed by atoms with Crippen LogP contribution in [0.5, 0.6) is 0 Å². The van der Waals surface area contributed by atoms with E-state index in [4.69, 9.17) is 0 Å². The van der Waals surface area contributed by atoms with Crippen LogP contribution in [-0.2, 0) is 7.05 Å². The van der Waals surface area contributed by atoms with E-state index in [9.17, 15) is 4.79 Å². The van der Waals surface area contributed by atoms with Crippen molar-refractivity contribution in [1.29, 1.82) is 0 Å². The van der Waals surface area contributed by atoms with E-state index < -0.39 is 0 Å². The predicted octanol–water partition coefficient (Wildman–Crippen LogP) is 2.48. The minimum atomic E-state index is -0.305. The summed E-state index contributed by atoms with van der Waals surface area (Å²) in [5.74, 6) is 0.635. The van der Waals surface area contributed by atoms with Crippen LogP contribution < -0.4 is 10.6 Å². The first-order valence-corrected chi connectivity index (χ1v) is 8.03. The van der Waals surface area contributed by atoms with Crippen LogP contribution in [0.15, 0.2) is 43.1 Å². The molecule has 0 spiro atoms. The highest BCUT2D eigenvalue weighted by molar-refractivity contribution is 6.06. The van der Waals surface area contributed by atoms with E-state index >= 15 is 0 Å². The summed E-state index contributed by atoms with van der Waals surface area (Å²) in [5, 5.41) is 10.1. The van der Waals surface area contributed by atoms with Crippen molar-refractivity contribution in [3.05, 3.63) is 54.5 Å². The largest absolute Gasteiger partial charge is 0.351 e. The van der Waals surface area contributed by atoms with Gasteiger partial charge < -0.3 is 10.6 Å². The number of carbonyl (C=O) groups excluding carboxylic acids is 1. The highest BCUT2D eigenvalue weighted by Gasteiger charge is 2.27. The molecule has 1 fully saturated rings. The molecule has 0 unspecified atom stereocenters. The summed E-state index contributed by atoms with van der Waals surface area (Å²) in [6, 6.07) is 5.57. The van der Waals surface area contributed by atoms with Gasteiger partial charge in [-0.05, 0) is 25.0 Å². The van der Waals surface area contributed by atoms with Gasteiger partial charge in [-0.15, -0.1) is 0 Å². The molecule has 0 saturated heterocycles. The summed E-state index contributed by atoms with van der Waals surface area (Å²) in [4.78, 5) is 25.3. The first kappa shape index (κ1) is 15.3. The molecule has 0 aromatic carbocycles. The van der Waals surface area contributed by atoms with Crippen LogP contribution in [0.1, 0.15) is 34.9 Å². The van der Waals surface area contributed by atoms with Crippen molar-refractivity contribution in [2.75, 3.05) is 10.6 Å². The Bertz CT molecular complexity index is 902. The van der Waals surface area contributed by atoms with Crippen LogP contribution in [0.3, 0.4) is 0 Å². The normalized spacial score (nSPS) is 13.5. The number of hydrogen-bond donors (Lipinski definition) is 2. The summed E-state index contributed by atoms with van der Waals surface area (Å²) in [6.45, 7) is 0. The molecule has 3 heterocycles. The fourth-order valence-corrected chi connectivity index (χ4v) is 2.53. The second-order valence-corrected chi connectivity index (χ2v) is 5.99. The maximum Gasteiger partial charge on any atom is 0.277 e. The average molecular weight is 335 g/mol. The number of anilines is 3. The predicted molar refractivity (Wildman–Crippen MR) is 92.7 cm³/mol. The third kappa shape index (κ3) is 3.47. The van der Waals surface area contributed by atoms with Gasteiger partial charge in [-0.1, -0.05) is 0 Å². The number of aryl methyl sites for hydroxylation is 1. The van der Waals surface area contributed by atoms with Gasteiger partial charge in [0.1, 0.15) is 6.33 Å². The van der Waals surface area contributed by atoms with Crippen LogP contribution in [0.2, 0.25) is 0 Å². The maximum atomic E-state index is 12.7. The molecule has 3 aromatic heterocycles. The van der Waals surface area contributed by atoms with Gasteiger partial charge in [-0.3, -0.25) is 9.48 Å². The molecule has 126 valence electrons. The third-order valence-electron chi connectivity index (χ3n) is 3.92. The highest BCUT2D eigenvalue weighted by atomic mass is 16.2. The van der Waals surface area contributed by atoms with E-state index in [1.54, 1.807) is 36.4 Å². The number of carbonyl (C=O) groups is 1. The van der Waals surface area contributed by atoms with Gasteiger partial charge in [-0.2, -0.15) is 5.10 Å². The van der Waals surface area contributed by atoms with E-state index in [1.807, 2.05) is 12.1 Å². The number of nitrogens with zero attached hydrogens (tertiary/aromatic N) is 5. The van der Waals surface area contributed by atoms with Crippen molar-refractivity contribution in [2.45, 2.75) is 18.8 Å². The lowest BCUT2D eigenvalue weighted by Gasteiger charge is -2.12. The van der Waals surface area contributed by atoms with Crippen molar-refractivity contribution >= 4 is 23.1 Å². The Hall–Kier alpha value is -3.29. The zero-order valence-corrected chi connectivity index (χ0v) is 13.7. The monoisotopic (exact) mass is 335 g/mol. The first-order valence-electron chi connectivity index (χ1n) is 8.03. The third-order valence-corrected chi connectivity index (χ3v) is 3.92. The molecule has 8 heteroatoms. The van der Waals surface area contributed by atoms with Gasteiger partial charge in [0.05, 0.1) is 23.8 Å². The number of aromatic nitrogens is 5. The highest BCUT2D eigenvalue weighted by Crippen LogP contribution is 2.39. The van der Waals surface area contributed by atoms with Gasteiger partial charge in [0.15, 0.2) is 11.5 Å². The first-order chi connectivity index (χ1) is 12.2. The lowest BCUT2D eigenvalue weighted by Crippen LogP contribution is -2.17. The van der Waals surface area contributed by atoms with Gasteiger partial charge in [-0.25, -0.2) is 15.0 Å². The molecular formula is C17H17N7O. The molecular weight excluding hydrogens is 318 g/mol. The van der Waals surface area contributed by atoms with Gasteiger partial charge in [0.25, 0.3) is 5.91 Å². The van der Waals surface area contributed by atoms with Gasteiger partial charge in [0, 0.05) is 30.9 Å². The molecule has 3 aromatic rings. The van der Waals surface area contributed by atoms with Crippen molar-refractivity contribution in [3.8, 4) is 0 Å². The van der Waals surface area contributed by atoms with E-state index in [0.717, 1.165) is 18.5 Å². The maximum absolute atomic E-state index is 12.7. The van der Waals surface area contributed by atoms with Crippen molar-refractivity contribution in [3.63, 3.8) is 0 Å². The summed E-state index contributed by atoms with van der Waals surface area (Å²) in [5.41, 5.74) is 2.57. The minimum Gasteiger partial charge on any atom is -0.351 e. The summed E-state index contributed by atoms with van der Waals surface area (Å²) < 4.78 is 1.63. The molecule has 25 heavy (non-hydrogen) atoms. The van der Waals surface area contributed by atoms with E-state index in [2.05, 4.69) is 30.7 Å². The fourth-order valence-electron chi connectivity index (χ4n) is 2.53. The van der Waals surface area contributed by atoms with Gasteiger partial charge in [0.2, 0.25) is 0 Å². The second-order valence-electron chi connectivity index (χ2n) is 5.99. The summed E-state index contributed by atoms with van der Waals surface area (Å²) in [6.07, 6.45) is 8.74. The molecule has 4 rings (SSSR count). The number of amides is 1. The Morgan fingerprint density at radius 2 is 2.00 bits per heavy atom. The molecule has 2 N–H and O–H groups in total.